The third-order valence-corrected chi connectivity index (χ3v) is 4.67. The molecule has 0 spiro atoms. The third-order valence-electron chi connectivity index (χ3n) is 3.93. The Kier molecular flexibility index (Phi) is 6.43. The molecule has 0 unspecified atom stereocenters. The molecule has 0 fully saturated rings. The van der Waals surface area contributed by atoms with Crippen molar-refractivity contribution in [1.29, 1.82) is 0 Å². The molecule has 0 bridgehead atoms. The zero-order chi connectivity index (χ0) is 19.2. The topological polar surface area (TPSA) is 30.5 Å². The van der Waals surface area contributed by atoms with E-state index in [0.717, 1.165) is 16.8 Å². The van der Waals surface area contributed by atoms with Crippen molar-refractivity contribution in [3.8, 4) is 11.5 Å². The van der Waals surface area contributed by atoms with Crippen LogP contribution in [0.4, 0.5) is 10.1 Å². The molecule has 3 aromatic rings. The summed E-state index contributed by atoms with van der Waals surface area (Å²) >= 11 is 12.0. The molecule has 140 valence electrons. The van der Waals surface area contributed by atoms with Crippen molar-refractivity contribution in [1.82, 2.24) is 0 Å². The summed E-state index contributed by atoms with van der Waals surface area (Å²) in [7, 11) is 1.58. The maximum atomic E-state index is 13.3. The molecule has 0 aromatic heterocycles. The number of benzene rings is 3. The van der Waals surface area contributed by atoms with Crippen LogP contribution in [0.3, 0.4) is 0 Å². The van der Waals surface area contributed by atoms with Crippen LogP contribution in [0.1, 0.15) is 11.1 Å². The van der Waals surface area contributed by atoms with Gasteiger partial charge in [-0.1, -0.05) is 41.4 Å². The van der Waals surface area contributed by atoms with Crippen molar-refractivity contribution in [2.45, 2.75) is 13.2 Å². The van der Waals surface area contributed by atoms with Gasteiger partial charge >= 0.3 is 0 Å². The van der Waals surface area contributed by atoms with E-state index in [4.69, 9.17) is 32.7 Å². The van der Waals surface area contributed by atoms with E-state index in [-0.39, 0.29) is 12.4 Å². The van der Waals surface area contributed by atoms with Crippen molar-refractivity contribution >= 4 is 28.9 Å². The lowest BCUT2D eigenvalue weighted by atomic mass is 10.2. The second-order valence-electron chi connectivity index (χ2n) is 5.89. The number of rotatable bonds is 7. The molecule has 3 aromatic carbocycles. The van der Waals surface area contributed by atoms with Crippen LogP contribution in [0.15, 0.2) is 60.7 Å². The summed E-state index contributed by atoms with van der Waals surface area (Å²) in [6.45, 7) is 0.841. The van der Waals surface area contributed by atoms with Gasteiger partial charge in [-0.2, -0.15) is 0 Å². The normalized spacial score (nSPS) is 10.5. The summed E-state index contributed by atoms with van der Waals surface area (Å²) in [6.07, 6.45) is 0. The standard InChI is InChI=1S/C21H18Cl2FNO2/c1-26-21-10-14(12-25-17-6-7-18(22)19(23)11-17)5-8-20(21)27-13-15-3-2-4-16(24)9-15/h2-11,25H,12-13H2,1H3. The first-order chi connectivity index (χ1) is 13.0. The third kappa shape index (κ3) is 5.28. The number of methoxy groups -OCH3 is 1. The summed E-state index contributed by atoms with van der Waals surface area (Å²) in [4.78, 5) is 0. The molecule has 27 heavy (non-hydrogen) atoms. The molecule has 0 saturated carbocycles. The minimum Gasteiger partial charge on any atom is -0.493 e. The van der Waals surface area contributed by atoms with Crippen LogP contribution in [-0.4, -0.2) is 7.11 Å². The van der Waals surface area contributed by atoms with Gasteiger partial charge in [-0.05, 0) is 53.6 Å². The molecule has 0 amide bonds. The monoisotopic (exact) mass is 405 g/mol. The van der Waals surface area contributed by atoms with E-state index in [9.17, 15) is 4.39 Å². The number of hydrogen-bond acceptors (Lipinski definition) is 3. The zero-order valence-electron chi connectivity index (χ0n) is 14.6. The van der Waals surface area contributed by atoms with Crippen LogP contribution < -0.4 is 14.8 Å². The van der Waals surface area contributed by atoms with Crippen LogP contribution in [-0.2, 0) is 13.2 Å². The van der Waals surface area contributed by atoms with Crippen LogP contribution in [0.2, 0.25) is 10.0 Å². The highest BCUT2D eigenvalue weighted by Gasteiger charge is 2.07. The smallest absolute Gasteiger partial charge is 0.161 e. The summed E-state index contributed by atoms with van der Waals surface area (Å²) in [5.41, 5.74) is 2.63. The first kappa shape index (κ1) is 19.3. The number of ether oxygens (including phenoxy) is 2. The molecule has 0 aliphatic rings. The highest BCUT2D eigenvalue weighted by Crippen LogP contribution is 2.30. The number of halogens is 3. The van der Waals surface area contributed by atoms with E-state index in [1.165, 1.54) is 12.1 Å². The second-order valence-corrected chi connectivity index (χ2v) is 6.70. The lowest BCUT2D eigenvalue weighted by Crippen LogP contribution is -2.02. The molecule has 0 saturated heterocycles. The van der Waals surface area contributed by atoms with Crippen molar-refractivity contribution in [3.05, 3.63) is 87.7 Å². The highest BCUT2D eigenvalue weighted by molar-refractivity contribution is 6.42. The molecule has 6 heteroatoms. The van der Waals surface area contributed by atoms with Gasteiger partial charge in [0.1, 0.15) is 12.4 Å². The molecular weight excluding hydrogens is 388 g/mol. The van der Waals surface area contributed by atoms with Gasteiger partial charge in [0.05, 0.1) is 17.2 Å². The van der Waals surface area contributed by atoms with E-state index in [0.29, 0.717) is 28.1 Å². The summed E-state index contributed by atoms with van der Waals surface area (Å²) in [5.74, 6) is 0.923. The van der Waals surface area contributed by atoms with E-state index >= 15 is 0 Å². The lowest BCUT2D eigenvalue weighted by molar-refractivity contribution is 0.284. The molecule has 0 atom stereocenters. The Morgan fingerprint density at radius 3 is 2.48 bits per heavy atom. The Balaban J connectivity index is 1.65. The van der Waals surface area contributed by atoms with Gasteiger partial charge in [-0.15, -0.1) is 0 Å². The van der Waals surface area contributed by atoms with Crippen LogP contribution in [0, 0.1) is 5.82 Å². The fourth-order valence-electron chi connectivity index (χ4n) is 2.54. The maximum absolute atomic E-state index is 13.3. The number of nitrogens with one attached hydrogen (secondary N) is 1. The molecule has 0 radical (unpaired) electrons. The van der Waals surface area contributed by atoms with Crippen LogP contribution >= 0.6 is 23.2 Å². The van der Waals surface area contributed by atoms with E-state index < -0.39 is 0 Å². The summed E-state index contributed by atoms with van der Waals surface area (Å²) in [6, 6.07) is 17.4. The first-order valence-corrected chi connectivity index (χ1v) is 9.04. The minimum atomic E-state index is -0.285. The molecule has 0 aliphatic heterocycles. The molecule has 0 aliphatic carbocycles. The van der Waals surface area contributed by atoms with E-state index in [1.807, 2.05) is 30.3 Å². The fraction of sp³-hybridized carbons (Fsp3) is 0.143. The Morgan fingerprint density at radius 1 is 0.889 bits per heavy atom. The molecular formula is C21H18Cl2FNO2. The minimum absolute atomic E-state index is 0.259. The largest absolute Gasteiger partial charge is 0.493 e. The van der Waals surface area contributed by atoms with Crippen LogP contribution in [0.25, 0.3) is 0 Å². The average Bonchev–Trinajstić information content (AvgIpc) is 2.67. The average molecular weight is 406 g/mol. The molecule has 1 N–H and O–H groups in total. The summed E-state index contributed by atoms with van der Waals surface area (Å²) in [5, 5.41) is 4.30. The quantitative estimate of drug-likeness (QED) is 0.497. The first-order valence-electron chi connectivity index (χ1n) is 8.28. The predicted molar refractivity (Wildman–Crippen MR) is 108 cm³/mol. The van der Waals surface area contributed by atoms with E-state index in [2.05, 4.69) is 5.32 Å². The lowest BCUT2D eigenvalue weighted by Gasteiger charge is -2.13. The van der Waals surface area contributed by atoms with Gasteiger partial charge in [0, 0.05) is 12.2 Å². The van der Waals surface area contributed by atoms with Gasteiger partial charge in [0.25, 0.3) is 0 Å². The van der Waals surface area contributed by atoms with Gasteiger partial charge < -0.3 is 14.8 Å². The Bertz CT molecular complexity index is 934. The van der Waals surface area contributed by atoms with Gasteiger partial charge in [-0.25, -0.2) is 4.39 Å². The van der Waals surface area contributed by atoms with Crippen molar-refractivity contribution < 1.29 is 13.9 Å². The molecule has 3 nitrogen and oxygen atoms in total. The molecule has 0 heterocycles. The van der Waals surface area contributed by atoms with Gasteiger partial charge in [0.2, 0.25) is 0 Å². The van der Waals surface area contributed by atoms with Crippen molar-refractivity contribution in [2.24, 2.45) is 0 Å². The Labute approximate surface area is 167 Å². The van der Waals surface area contributed by atoms with Gasteiger partial charge in [0.15, 0.2) is 11.5 Å². The Hall–Kier alpha value is -2.43. The van der Waals surface area contributed by atoms with Crippen molar-refractivity contribution in [3.63, 3.8) is 0 Å². The maximum Gasteiger partial charge on any atom is 0.161 e. The van der Waals surface area contributed by atoms with Crippen LogP contribution in [0.5, 0.6) is 11.5 Å². The van der Waals surface area contributed by atoms with Gasteiger partial charge in [-0.3, -0.25) is 0 Å². The number of hydrogen-bond donors (Lipinski definition) is 1. The summed E-state index contributed by atoms with van der Waals surface area (Å²) < 4.78 is 24.5. The SMILES string of the molecule is COc1cc(CNc2ccc(Cl)c(Cl)c2)ccc1OCc1cccc(F)c1. The zero-order valence-corrected chi connectivity index (χ0v) is 16.1. The predicted octanol–water partition coefficient (Wildman–Crippen LogP) is 6.33. The highest BCUT2D eigenvalue weighted by atomic mass is 35.5. The number of anilines is 1. The Morgan fingerprint density at radius 2 is 1.74 bits per heavy atom. The van der Waals surface area contributed by atoms with Crippen molar-refractivity contribution in [2.75, 3.05) is 12.4 Å². The second kappa shape index (κ2) is 8.98. The fourth-order valence-corrected chi connectivity index (χ4v) is 2.84. The molecule has 3 rings (SSSR count). The van der Waals surface area contributed by atoms with E-state index in [1.54, 1.807) is 25.3 Å².